The van der Waals surface area contributed by atoms with Crippen LogP contribution in [0, 0.1) is 11.3 Å². The van der Waals surface area contributed by atoms with Crippen LogP contribution in [0.25, 0.3) is 0 Å². The standard InChI is InChI=1S/C13H23N3/c1-4-13(10-14)11-15-6-5-7-16(9-8-15)12(2)3/h4,12H,5-9,11H2,1-3H3/b13-4+. The van der Waals surface area contributed by atoms with Gasteiger partial charge in [-0.15, -0.1) is 0 Å². The van der Waals surface area contributed by atoms with Crippen molar-refractivity contribution in [2.75, 3.05) is 32.7 Å². The number of hydrogen-bond acceptors (Lipinski definition) is 3. The van der Waals surface area contributed by atoms with Crippen molar-refractivity contribution in [3.63, 3.8) is 0 Å². The van der Waals surface area contributed by atoms with E-state index in [0.717, 1.165) is 31.8 Å². The maximum absolute atomic E-state index is 8.91. The third kappa shape index (κ3) is 3.96. The van der Waals surface area contributed by atoms with Crippen molar-refractivity contribution >= 4 is 0 Å². The summed E-state index contributed by atoms with van der Waals surface area (Å²) in [6.45, 7) is 11.8. The van der Waals surface area contributed by atoms with Gasteiger partial charge in [-0.25, -0.2) is 0 Å². The lowest BCUT2D eigenvalue weighted by molar-refractivity contribution is 0.224. The lowest BCUT2D eigenvalue weighted by Crippen LogP contribution is -2.35. The summed E-state index contributed by atoms with van der Waals surface area (Å²) in [6, 6.07) is 2.90. The summed E-state index contributed by atoms with van der Waals surface area (Å²) in [7, 11) is 0. The highest BCUT2D eigenvalue weighted by atomic mass is 15.2. The zero-order valence-corrected chi connectivity index (χ0v) is 10.7. The van der Waals surface area contributed by atoms with Gasteiger partial charge < -0.3 is 0 Å². The maximum atomic E-state index is 8.91. The van der Waals surface area contributed by atoms with Crippen LogP contribution < -0.4 is 0 Å². The molecule has 3 heteroatoms. The predicted octanol–water partition coefficient (Wildman–Crippen LogP) is 1.87. The Bertz CT molecular complexity index is 275. The minimum absolute atomic E-state index is 0.636. The highest BCUT2D eigenvalue weighted by molar-refractivity contribution is 5.21. The molecule has 1 aliphatic heterocycles. The van der Waals surface area contributed by atoms with E-state index in [1.807, 2.05) is 13.0 Å². The summed E-state index contributed by atoms with van der Waals surface area (Å²) >= 11 is 0. The molecule has 0 aromatic rings. The Morgan fingerprint density at radius 3 is 2.62 bits per heavy atom. The Balaban J connectivity index is 2.45. The summed E-state index contributed by atoms with van der Waals surface area (Å²) in [5.41, 5.74) is 0.887. The maximum Gasteiger partial charge on any atom is 0.0957 e. The molecular formula is C13H23N3. The van der Waals surface area contributed by atoms with Crippen molar-refractivity contribution in [1.82, 2.24) is 9.80 Å². The molecule has 0 aliphatic carbocycles. The largest absolute Gasteiger partial charge is 0.300 e. The topological polar surface area (TPSA) is 30.3 Å². The zero-order chi connectivity index (χ0) is 12.0. The van der Waals surface area contributed by atoms with Crippen LogP contribution in [0.15, 0.2) is 11.6 Å². The molecule has 0 aromatic carbocycles. The summed E-state index contributed by atoms with van der Waals surface area (Å²) in [5.74, 6) is 0. The van der Waals surface area contributed by atoms with E-state index in [1.54, 1.807) is 0 Å². The molecule has 0 atom stereocenters. The molecule has 0 radical (unpaired) electrons. The predicted molar refractivity (Wildman–Crippen MR) is 67.1 cm³/mol. The summed E-state index contributed by atoms with van der Waals surface area (Å²) < 4.78 is 0. The van der Waals surface area contributed by atoms with Gasteiger partial charge in [-0.3, -0.25) is 9.80 Å². The van der Waals surface area contributed by atoms with Crippen LogP contribution in [0.4, 0.5) is 0 Å². The number of allylic oxidation sites excluding steroid dienone is 1. The number of nitriles is 1. The van der Waals surface area contributed by atoms with Crippen molar-refractivity contribution in [1.29, 1.82) is 5.26 Å². The third-order valence-electron chi connectivity index (χ3n) is 3.24. The molecule has 1 heterocycles. The molecule has 1 fully saturated rings. The molecule has 90 valence electrons. The van der Waals surface area contributed by atoms with Gasteiger partial charge in [0.05, 0.1) is 6.07 Å². The van der Waals surface area contributed by atoms with Gasteiger partial charge in [-0.05, 0) is 40.3 Å². The van der Waals surface area contributed by atoms with Crippen molar-refractivity contribution in [3.05, 3.63) is 11.6 Å². The van der Waals surface area contributed by atoms with Crippen LogP contribution in [-0.4, -0.2) is 48.6 Å². The Kier molecular flexibility index (Phi) is 5.51. The fraction of sp³-hybridized carbons (Fsp3) is 0.769. The van der Waals surface area contributed by atoms with E-state index < -0.39 is 0 Å². The zero-order valence-electron chi connectivity index (χ0n) is 10.7. The SMILES string of the molecule is C/C=C(\C#N)CN1CCCN(C(C)C)CC1. The van der Waals surface area contributed by atoms with Gasteiger partial charge in [0.2, 0.25) is 0 Å². The van der Waals surface area contributed by atoms with Crippen LogP contribution >= 0.6 is 0 Å². The highest BCUT2D eigenvalue weighted by Gasteiger charge is 2.16. The Labute approximate surface area is 99.3 Å². The van der Waals surface area contributed by atoms with Crippen LogP contribution in [0.3, 0.4) is 0 Å². The normalized spacial score (nSPS) is 20.8. The first-order chi connectivity index (χ1) is 7.67. The van der Waals surface area contributed by atoms with Gasteiger partial charge in [-0.1, -0.05) is 6.08 Å². The second-order valence-corrected chi connectivity index (χ2v) is 4.69. The molecule has 0 aromatic heterocycles. The molecule has 1 saturated heterocycles. The fourth-order valence-electron chi connectivity index (χ4n) is 2.10. The van der Waals surface area contributed by atoms with E-state index in [4.69, 9.17) is 5.26 Å². The van der Waals surface area contributed by atoms with Gasteiger partial charge in [-0.2, -0.15) is 5.26 Å². The van der Waals surface area contributed by atoms with Gasteiger partial charge in [0.25, 0.3) is 0 Å². The second-order valence-electron chi connectivity index (χ2n) is 4.69. The first-order valence-electron chi connectivity index (χ1n) is 6.19. The minimum Gasteiger partial charge on any atom is -0.300 e. The van der Waals surface area contributed by atoms with Crippen LogP contribution in [0.2, 0.25) is 0 Å². The van der Waals surface area contributed by atoms with Crippen molar-refractivity contribution in [2.24, 2.45) is 0 Å². The molecular weight excluding hydrogens is 198 g/mol. The first kappa shape index (κ1) is 13.2. The lowest BCUT2D eigenvalue weighted by atomic mass is 10.2. The molecule has 3 nitrogen and oxygen atoms in total. The fourth-order valence-corrected chi connectivity index (χ4v) is 2.10. The van der Waals surface area contributed by atoms with Crippen molar-refractivity contribution in [2.45, 2.75) is 33.2 Å². The number of rotatable bonds is 3. The second kappa shape index (κ2) is 6.67. The number of nitrogens with zero attached hydrogens (tertiary/aromatic N) is 3. The lowest BCUT2D eigenvalue weighted by Gasteiger charge is -2.24. The highest BCUT2D eigenvalue weighted by Crippen LogP contribution is 2.08. The minimum atomic E-state index is 0.636. The Morgan fingerprint density at radius 1 is 1.31 bits per heavy atom. The average molecular weight is 221 g/mol. The molecule has 0 saturated carbocycles. The molecule has 0 unspecified atom stereocenters. The summed E-state index contributed by atoms with van der Waals surface area (Å²) in [4.78, 5) is 4.91. The van der Waals surface area contributed by atoms with E-state index >= 15 is 0 Å². The number of hydrogen-bond donors (Lipinski definition) is 0. The summed E-state index contributed by atoms with van der Waals surface area (Å²) in [5, 5.41) is 8.91. The molecule has 0 N–H and O–H groups in total. The molecule has 1 rings (SSSR count). The van der Waals surface area contributed by atoms with Crippen LogP contribution in [0.1, 0.15) is 27.2 Å². The van der Waals surface area contributed by atoms with Gasteiger partial charge in [0, 0.05) is 31.2 Å². The van der Waals surface area contributed by atoms with Crippen LogP contribution in [0.5, 0.6) is 0 Å². The quantitative estimate of drug-likeness (QED) is 0.682. The van der Waals surface area contributed by atoms with E-state index in [0.29, 0.717) is 6.04 Å². The van der Waals surface area contributed by atoms with Gasteiger partial charge >= 0.3 is 0 Å². The van der Waals surface area contributed by atoms with Gasteiger partial charge in [0.1, 0.15) is 0 Å². The Hall–Kier alpha value is -0.850. The van der Waals surface area contributed by atoms with Crippen molar-refractivity contribution in [3.8, 4) is 6.07 Å². The average Bonchev–Trinajstić information content (AvgIpc) is 2.51. The van der Waals surface area contributed by atoms with E-state index in [1.165, 1.54) is 13.0 Å². The van der Waals surface area contributed by atoms with Gasteiger partial charge in [0.15, 0.2) is 0 Å². The molecule has 16 heavy (non-hydrogen) atoms. The molecule has 0 bridgehead atoms. The Morgan fingerprint density at radius 2 is 2.06 bits per heavy atom. The smallest absolute Gasteiger partial charge is 0.0957 e. The van der Waals surface area contributed by atoms with E-state index in [9.17, 15) is 0 Å². The monoisotopic (exact) mass is 221 g/mol. The van der Waals surface area contributed by atoms with Crippen LogP contribution in [-0.2, 0) is 0 Å². The van der Waals surface area contributed by atoms with E-state index in [2.05, 4.69) is 29.7 Å². The van der Waals surface area contributed by atoms with E-state index in [-0.39, 0.29) is 0 Å². The first-order valence-corrected chi connectivity index (χ1v) is 6.19. The van der Waals surface area contributed by atoms with Crippen molar-refractivity contribution < 1.29 is 0 Å². The molecule has 1 aliphatic rings. The summed E-state index contributed by atoms with van der Waals surface area (Å²) in [6.07, 6.45) is 3.13. The molecule has 0 spiro atoms. The molecule has 0 amide bonds. The third-order valence-corrected chi connectivity index (χ3v) is 3.24.